The fourth-order valence-corrected chi connectivity index (χ4v) is 4.10. The number of nitrogens with zero attached hydrogens (tertiary/aromatic N) is 2. The van der Waals surface area contributed by atoms with Crippen LogP contribution in [0.2, 0.25) is 0 Å². The highest BCUT2D eigenvalue weighted by atomic mass is 16.5. The van der Waals surface area contributed by atoms with Gasteiger partial charge in [-0.3, -0.25) is 9.69 Å². The first-order valence-corrected chi connectivity index (χ1v) is 9.88. The lowest BCUT2D eigenvalue weighted by Crippen LogP contribution is -2.45. The van der Waals surface area contributed by atoms with E-state index in [1.54, 1.807) is 0 Å². The van der Waals surface area contributed by atoms with Crippen LogP contribution in [0.3, 0.4) is 0 Å². The van der Waals surface area contributed by atoms with Gasteiger partial charge >= 0.3 is 0 Å². The number of carbonyl (C=O) groups is 1. The van der Waals surface area contributed by atoms with E-state index in [1.165, 1.54) is 18.4 Å². The van der Waals surface area contributed by atoms with Crippen LogP contribution >= 0.6 is 0 Å². The number of piperidine rings is 2. The lowest BCUT2D eigenvalue weighted by molar-refractivity contribution is -0.138. The third-order valence-electron chi connectivity index (χ3n) is 5.55. The second-order valence-corrected chi connectivity index (χ2v) is 7.66. The molecule has 1 aromatic carbocycles. The first-order chi connectivity index (χ1) is 12.2. The second kappa shape index (κ2) is 8.70. The van der Waals surface area contributed by atoms with Crippen LogP contribution in [0.4, 0.5) is 0 Å². The molecule has 0 radical (unpaired) electrons. The molecule has 0 unspecified atom stereocenters. The van der Waals surface area contributed by atoms with Crippen LogP contribution in [0.25, 0.3) is 0 Å². The van der Waals surface area contributed by atoms with Gasteiger partial charge < -0.3 is 9.64 Å². The van der Waals surface area contributed by atoms with Crippen LogP contribution in [-0.2, 0) is 11.3 Å². The van der Waals surface area contributed by atoms with E-state index in [0.29, 0.717) is 18.4 Å². The van der Waals surface area contributed by atoms with Crippen LogP contribution in [-0.4, -0.2) is 48.5 Å². The molecule has 3 rings (SSSR count). The van der Waals surface area contributed by atoms with E-state index in [0.717, 1.165) is 51.3 Å². The maximum Gasteiger partial charge on any atom is 0.225 e. The van der Waals surface area contributed by atoms with E-state index in [4.69, 9.17) is 4.74 Å². The molecule has 0 bridgehead atoms. The molecule has 0 N–H and O–H groups in total. The summed E-state index contributed by atoms with van der Waals surface area (Å²) in [6, 6.07) is 8.40. The third-order valence-corrected chi connectivity index (χ3v) is 5.55. The van der Waals surface area contributed by atoms with E-state index >= 15 is 0 Å². The molecule has 2 aliphatic heterocycles. The Morgan fingerprint density at radius 3 is 2.48 bits per heavy atom. The smallest absolute Gasteiger partial charge is 0.225 e. The topological polar surface area (TPSA) is 32.8 Å². The maximum absolute atomic E-state index is 12.8. The number of carbonyl (C=O) groups excluding carboxylic acids is 1. The summed E-state index contributed by atoms with van der Waals surface area (Å²) in [4.78, 5) is 17.4. The zero-order valence-corrected chi connectivity index (χ0v) is 15.7. The summed E-state index contributed by atoms with van der Waals surface area (Å²) in [7, 11) is 0. The molecule has 138 valence electrons. The van der Waals surface area contributed by atoms with Crippen molar-refractivity contribution in [1.82, 2.24) is 9.80 Å². The molecular weight excluding hydrogens is 312 g/mol. The van der Waals surface area contributed by atoms with Crippen LogP contribution in [0.1, 0.15) is 45.1 Å². The number of likely N-dealkylation sites (tertiary alicyclic amines) is 2. The molecule has 1 atom stereocenters. The van der Waals surface area contributed by atoms with Gasteiger partial charge in [0.1, 0.15) is 5.75 Å². The van der Waals surface area contributed by atoms with Crippen molar-refractivity contribution >= 4 is 5.91 Å². The first-order valence-electron chi connectivity index (χ1n) is 9.88. The minimum atomic E-state index is 0.238. The Morgan fingerprint density at radius 1 is 1.12 bits per heavy atom. The van der Waals surface area contributed by atoms with Crippen LogP contribution in [0.5, 0.6) is 5.75 Å². The largest absolute Gasteiger partial charge is 0.494 e. The summed E-state index contributed by atoms with van der Waals surface area (Å²) < 4.78 is 5.50. The number of hydrogen-bond acceptors (Lipinski definition) is 3. The average Bonchev–Trinajstić information content (AvgIpc) is 2.64. The van der Waals surface area contributed by atoms with Crippen molar-refractivity contribution in [3.63, 3.8) is 0 Å². The zero-order chi connectivity index (χ0) is 17.6. The van der Waals surface area contributed by atoms with Gasteiger partial charge in [-0.25, -0.2) is 0 Å². The quantitative estimate of drug-likeness (QED) is 0.819. The van der Waals surface area contributed by atoms with E-state index in [1.807, 2.05) is 19.1 Å². The highest BCUT2D eigenvalue weighted by molar-refractivity contribution is 5.79. The Labute approximate surface area is 152 Å². The Bertz CT molecular complexity index is 550. The number of rotatable bonds is 5. The van der Waals surface area contributed by atoms with Crippen molar-refractivity contribution in [1.29, 1.82) is 0 Å². The standard InChI is InChI=1S/C21H32N2O2/c1-3-25-20-8-6-18(7-9-20)16-22-13-10-19(11-14-22)21(24)23-12-4-5-17(2)15-23/h6-9,17,19H,3-5,10-16H2,1-2H3/t17-/m1/s1. The average molecular weight is 344 g/mol. The van der Waals surface area contributed by atoms with E-state index in [9.17, 15) is 4.79 Å². The monoisotopic (exact) mass is 344 g/mol. The lowest BCUT2D eigenvalue weighted by atomic mass is 9.92. The summed E-state index contributed by atoms with van der Waals surface area (Å²) in [6.07, 6.45) is 4.44. The molecule has 0 aliphatic carbocycles. The normalized spacial score (nSPS) is 22.8. The van der Waals surface area contributed by atoms with Gasteiger partial charge in [-0.15, -0.1) is 0 Å². The van der Waals surface area contributed by atoms with Gasteiger partial charge in [0, 0.05) is 25.6 Å². The lowest BCUT2D eigenvalue weighted by Gasteiger charge is -2.37. The Morgan fingerprint density at radius 2 is 1.84 bits per heavy atom. The first kappa shape index (κ1) is 18.2. The van der Waals surface area contributed by atoms with Gasteiger partial charge in [0.2, 0.25) is 5.91 Å². The predicted octanol–water partition coefficient (Wildman–Crippen LogP) is 3.56. The third kappa shape index (κ3) is 4.97. The highest BCUT2D eigenvalue weighted by Crippen LogP contribution is 2.24. The molecule has 2 fully saturated rings. The highest BCUT2D eigenvalue weighted by Gasteiger charge is 2.30. The molecule has 4 heteroatoms. The molecule has 25 heavy (non-hydrogen) atoms. The zero-order valence-electron chi connectivity index (χ0n) is 15.7. The summed E-state index contributed by atoms with van der Waals surface area (Å²) in [5.74, 6) is 2.25. The van der Waals surface area contributed by atoms with Crippen molar-refractivity contribution in [2.24, 2.45) is 11.8 Å². The van der Waals surface area contributed by atoms with Gasteiger partial charge in [0.15, 0.2) is 0 Å². The number of amides is 1. The number of hydrogen-bond donors (Lipinski definition) is 0. The number of benzene rings is 1. The molecule has 0 aromatic heterocycles. The van der Waals surface area contributed by atoms with Crippen LogP contribution < -0.4 is 4.74 Å². The summed E-state index contributed by atoms with van der Waals surface area (Å²) in [5, 5.41) is 0. The van der Waals surface area contributed by atoms with E-state index in [-0.39, 0.29) is 5.92 Å². The molecular formula is C21H32N2O2. The second-order valence-electron chi connectivity index (χ2n) is 7.66. The Balaban J connectivity index is 1.45. The Kier molecular flexibility index (Phi) is 6.35. The SMILES string of the molecule is CCOc1ccc(CN2CCC(C(=O)N3CCC[C@@H](C)C3)CC2)cc1. The van der Waals surface area contributed by atoms with Gasteiger partial charge in [-0.1, -0.05) is 19.1 Å². The summed E-state index contributed by atoms with van der Waals surface area (Å²) in [6.45, 7) is 9.91. The maximum atomic E-state index is 12.8. The summed E-state index contributed by atoms with van der Waals surface area (Å²) >= 11 is 0. The molecule has 2 saturated heterocycles. The molecule has 1 aromatic rings. The van der Waals surface area contributed by atoms with Crippen LogP contribution in [0.15, 0.2) is 24.3 Å². The fourth-order valence-electron chi connectivity index (χ4n) is 4.10. The van der Waals surface area contributed by atoms with Crippen molar-refractivity contribution in [2.45, 2.75) is 46.1 Å². The number of ether oxygens (including phenoxy) is 1. The van der Waals surface area contributed by atoms with Crippen molar-refractivity contribution in [3.05, 3.63) is 29.8 Å². The molecule has 0 saturated carbocycles. The molecule has 2 aliphatic rings. The molecule has 4 nitrogen and oxygen atoms in total. The van der Waals surface area contributed by atoms with Gasteiger partial charge in [-0.2, -0.15) is 0 Å². The summed E-state index contributed by atoms with van der Waals surface area (Å²) in [5.41, 5.74) is 1.32. The minimum Gasteiger partial charge on any atom is -0.494 e. The van der Waals surface area contributed by atoms with E-state index in [2.05, 4.69) is 28.9 Å². The molecule has 2 heterocycles. The molecule has 0 spiro atoms. The minimum absolute atomic E-state index is 0.238. The van der Waals surface area contributed by atoms with Crippen LogP contribution in [0, 0.1) is 11.8 Å². The van der Waals surface area contributed by atoms with Crippen molar-refractivity contribution in [3.8, 4) is 5.75 Å². The molecule has 1 amide bonds. The van der Waals surface area contributed by atoms with Gasteiger partial charge in [-0.05, 0) is 69.3 Å². The predicted molar refractivity (Wildman–Crippen MR) is 101 cm³/mol. The fraction of sp³-hybridized carbons (Fsp3) is 0.667. The van der Waals surface area contributed by atoms with Crippen molar-refractivity contribution < 1.29 is 9.53 Å². The van der Waals surface area contributed by atoms with E-state index < -0.39 is 0 Å². The van der Waals surface area contributed by atoms with Crippen molar-refractivity contribution in [2.75, 3.05) is 32.8 Å². The Hall–Kier alpha value is -1.55. The van der Waals surface area contributed by atoms with Gasteiger partial charge in [0.25, 0.3) is 0 Å². The van der Waals surface area contributed by atoms with Gasteiger partial charge in [0.05, 0.1) is 6.61 Å².